The maximum atomic E-state index is 12.2. The van der Waals surface area contributed by atoms with Crippen molar-refractivity contribution in [1.82, 2.24) is 4.31 Å². The van der Waals surface area contributed by atoms with Crippen LogP contribution in [0.3, 0.4) is 0 Å². The molecule has 0 bridgehead atoms. The van der Waals surface area contributed by atoms with Crippen molar-refractivity contribution in [3.05, 3.63) is 29.8 Å². The van der Waals surface area contributed by atoms with Gasteiger partial charge in [-0.1, -0.05) is 19.1 Å². The van der Waals surface area contributed by atoms with Gasteiger partial charge in [0, 0.05) is 18.8 Å². The molecule has 0 aromatic heterocycles. The van der Waals surface area contributed by atoms with Crippen molar-refractivity contribution in [3.63, 3.8) is 0 Å². The number of methoxy groups -OCH3 is 1. The van der Waals surface area contributed by atoms with E-state index in [1.165, 1.54) is 11.4 Å². The predicted octanol–water partition coefficient (Wildman–Crippen LogP) is 0.984. The van der Waals surface area contributed by atoms with Gasteiger partial charge in [0.1, 0.15) is 0 Å². The summed E-state index contributed by atoms with van der Waals surface area (Å²) in [7, 11) is -2.26. The molecule has 0 saturated heterocycles. The number of carbonyl (C=O) groups is 1. The minimum atomic E-state index is -3.50. The maximum absolute atomic E-state index is 12.2. The lowest BCUT2D eigenvalue weighted by Gasteiger charge is -2.20. The van der Waals surface area contributed by atoms with Gasteiger partial charge in [0.05, 0.1) is 19.3 Å². The highest BCUT2D eigenvalue weighted by Gasteiger charge is 2.22. The van der Waals surface area contributed by atoms with Crippen molar-refractivity contribution < 1.29 is 17.9 Å². The van der Waals surface area contributed by atoms with E-state index in [-0.39, 0.29) is 18.7 Å². The fourth-order valence-corrected chi connectivity index (χ4v) is 3.17. The maximum Gasteiger partial charge on any atom is 0.306 e. The number of nitrogens with two attached hydrogens (primary N) is 1. The van der Waals surface area contributed by atoms with Gasteiger partial charge in [-0.05, 0) is 17.7 Å². The van der Waals surface area contributed by atoms with Crippen LogP contribution in [0.15, 0.2) is 24.3 Å². The molecule has 0 fully saturated rings. The summed E-state index contributed by atoms with van der Waals surface area (Å²) in [6.45, 7) is 2.32. The Hall–Kier alpha value is -1.60. The van der Waals surface area contributed by atoms with Gasteiger partial charge < -0.3 is 10.5 Å². The zero-order valence-electron chi connectivity index (χ0n) is 11.7. The summed E-state index contributed by atoms with van der Waals surface area (Å²) in [4.78, 5) is 11.1. The first-order valence-corrected chi connectivity index (χ1v) is 7.89. The molecule has 1 aromatic rings. The van der Waals surface area contributed by atoms with Crippen LogP contribution in [0.25, 0.3) is 0 Å². The number of esters is 1. The van der Waals surface area contributed by atoms with Crippen LogP contribution < -0.4 is 5.73 Å². The van der Waals surface area contributed by atoms with E-state index in [0.717, 1.165) is 5.56 Å². The summed E-state index contributed by atoms with van der Waals surface area (Å²) in [6.07, 6.45) is -0.147. The second-order valence-electron chi connectivity index (χ2n) is 4.31. The highest BCUT2D eigenvalue weighted by molar-refractivity contribution is 7.89. The molecular weight excluding hydrogens is 280 g/mol. The molecule has 0 aliphatic rings. The fourth-order valence-electron chi connectivity index (χ4n) is 1.75. The number of anilines is 1. The van der Waals surface area contributed by atoms with Crippen LogP contribution in [-0.4, -0.2) is 38.1 Å². The fraction of sp³-hybridized carbons (Fsp3) is 0.462. The Morgan fingerprint density at radius 3 is 2.65 bits per heavy atom. The topological polar surface area (TPSA) is 89.7 Å². The Morgan fingerprint density at radius 2 is 2.10 bits per heavy atom. The number of hydrogen-bond donors (Lipinski definition) is 1. The normalized spacial score (nSPS) is 11.6. The summed E-state index contributed by atoms with van der Waals surface area (Å²) in [5, 5.41) is 0. The number of benzene rings is 1. The van der Waals surface area contributed by atoms with Crippen molar-refractivity contribution in [2.75, 3.05) is 25.1 Å². The van der Waals surface area contributed by atoms with Crippen molar-refractivity contribution in [1.29, 1.82) is 0 Å². The van der Waals surface area contributed by atoms with E-state index in [9.17, 15) is 13.2 Å². The molecule has 0 radical (unpaired) electrons. The number of hydrogen-bond acceptors (Lipinski definition) is 5. The van der Waals surface area contributed by atoms with Gasteiger partial charge in [-0.3, -0.25) is 4.79 Å². The van der Waals surface area contributed by atoms with Crippen molar-refractivity contribution in [3.8, 4) is 0 Å². The molecule has 1 rings (SSSR count). The molecular formula is C13H20N2O4S. The Kier molecular flexibility index (Phi) is 5.97. The van der Waals surface area contributed by atoms with Crippen molar-refractivity contribution in [2.24, 2.45) is 0 Å². The minimum Gasteiger partial charge on any atom is -0.469 e. The Morgan fingerprint density at radius 1 is 1.40 bits per heavy atom. The van der Waals surface area contributed by atoms with Crippen LogP contribution in [0.1, 0.15) is 18.9 Å². The van der Waals surface area contributed by atoms with Gasteiger partial charge >= 0.3 is 5.97 Å². The molecule has 0 saturated carbocycles. The van der Waals surface area contributed by atoms with Crippen LogP contribution in [-0.2, 0) is 26.1 Å². The van der Waals surface area contributed by atoms with Gasteiger partial charge in [0.25, 0.3) is 0 Å². The molecule has 0 spiro atoms. The van der Waals surface area contributed by atoms with Gasteiger partial charge in [-0.25, -0.2) is 8.42 Å². The third-order valence-corrected chi connectivity index (χ3v) is 4.74. The average molecular weight is 300 g/mol. The first-order valence-electron chi connectivity index (χ1n) is 6.28. The lowest BCUT2D eigenvalue weighted by molar-refractivity contribution is -0.140. The molecule has 0 heterocycles. The van der Waals surface area contributed by atoms with Crippen molar-refractivity contribution in [2.45, 2.75) is 19.9 Å². The second kappa shape index (κ2) is 7.25. The molecule has 1 aromatic carbocycles. The largest absolute Gasteiger partial charge is 0.469 e. The standard InChI is InChI=1S/C13H20N2O4S/c1-3-15(10-11-5-4-6-12(14)9-11)20(17,18)8-7-13(16)19-2/h4-6,9H,3,7-8,10,14H2,1-2H3. The molecule has 20 heavy (non-hydrogen) atoms. The van der Waals surface area contributed by atoms with E-state index in [0.29, 0.717) is 12.2 Å². The second-order valence-corrected chi connectivity index (χ2v) is 6.40. The van der Waals surface area contributed by atoms with Crippen molar-refractivity contribution >= 4 is 21.7 Å². The Bertz CT molecular complexity index is 557. The Labute approximate surface area is 119 Å². The number of ether oxygens (including phenoxy) is 1. The number of rotatable bonds is 7. The first kappa shape index (κ1) is 16.5. The number of sulfonamides is 1. The zero-order valence-corrected chi connectivity index (χ0v) is 12.5. The predicted molar refractivity (Wildman–Crippen MR) is 77.4 cm³/mol. The summed E-state index contributed by atoms with van der Waals surface area (Å²) < 4.78 is 30.1. The van der Waals surface area contributed by atoms with Gasteiger partial charge in [-0.2, -0.15) is 4.31 Å². The van der Waals surface area contributed by atoms with Crippen LogP contribution in [0, 0.1) is 0 Å². The number of nitrogen functional groups attached to an aromatic ring is 1. The summed E-state index contributed by atoms with van der Waals surface area (Å²) in [5.41, 5.74) is 7.07. The SMILES string of the molecule is CCN(Cc1cccc(N)c1)S(=O)(=O)CCC(=O)OC. The van der Waals surface area contributed by atoms with Crippen LogP contribution >= 0.6 is 0 Å². The van der Waals surface area contributed by atoms with E-state index < -0.39 is 16.0 Å². The lowest BCUT2D eigenvalue weighted by atomic mass is 10.2. The van der Waals surface area contributed by atoms with Crippen LogP contribution in [0.2, 0.25) is 0 Å². The summed E-state index contributed by atoms with van der Waals surface area (Å²) in [5.74, 6) is -0.788. The molecule has 7 heteroatoms. The van der Waals surface area contributed by atoms with Gasteiger partial charge in [0.15, 0.2) is 0 Å². The highest BCUT2D eigenvalue weighted by atomic mass is 32.2. The minimum absolute atomic E-state index is 0.147. The third-order valence-electron chi connectivity index (χ3n) is 2.85. The van der Waals surface area contributed by atoms with Gasteiger partial charge in [-0.15, -0.1) is 0 Å². The summed E-state index contributed by atoms with van der Waals surface area (Å²) in [6, 6.07) is 7.07. The average Bonchev–Trinajstić information content (AvgIpc) is 2.42. The van der Waals surface area contributed by atoms with Gasteiger partial charge in [0.2, 0.25) is 10.0 Å². The van der Waals surface area contributed by atoms with Crippen LogP contribution in [0.5, 0.6) is 0 Å². The Balaban J connectivity index is 2.76. The molecule has 0 unspecified atom stereocenters. The molecule has 0 amide bonds. The van der Waals surface area contributed by atoms with E-state index in [1.54, 1.807) is 25.1 Å². The van der Waals surface area contributed by atoms with E-state index in [1.807, 2.05) is 6.07 Å². The van der Waals surface area contributed by atoms with E-state index in [4.69, 9.17) is 5.73 Å². The van der Waals surface area contributed by atoms with E-state index in [2.05, 4.69) is 4.74 Å². The monoisotopic (exact) mass is 300 g/mol. The smallest absolute Gasteiger partial charge is 0.306 e. The third kappa shape index (κ3) is 4.82. The summed E-state index contributed by atoms with van der Waals surface area (Å²) >= 11 is 0. The molecule has 0 aliphatic carbocycles. The first-order chi connectivity index (χ1) is 9.39. The molecule has 0 atom stereocenters. The molecule has 112 valence electrons. The quantitative estimate of drug-likeness (QED) is 0.599. The van der Waals surface area contributed by atoms with Crippen LogP contribution in [0.4, 0.5) is 5.69 Å². The van der Waals surface area contributed by atoms with E-state index >= 15 is 0 Å². The molecule has 6 nitrogen and oxygen atoms in total. The number of nitrogens with zero attached hydrogens (tertiary/aromatic N) is 1. The number of carbonyl (C=O) groups excluding carboxylic acids is 1. The highest BCUT2D eigenvalue weighted by Crippen LogP contribution is 2.13. The molecule has 2 N–H and O–H groups in total. The lowest BCUT2D eigenvalue weighted by Crippen LogP contribution is -2.33. The molecule has 0 aliphatic heterocycles. The zero-order chi connectivity index (χ0) is 15.2.